The van der Waals surface area contributed by atoms with Crippen LogP contribution >= 0.6 is 23.5 Å². The lowest BCUT2D eigenvalue weighted by atomic mass is 10.1. The normalized spacial score (nSPS) is 19.5. The molecular weight excluding hydrogens is 250 g/mol. The SMILES string of the molecule is CC(C)(C)N1c2ccccc2SC1SCCO. The average molecular weight is 269 g/mol. The van der Waals surface area contributed by atoms with Crippen molar-refractivity contribution in [3.05, 3.63) is 24.3 Å². The highest BCUT2D eigenvalue weighted by Gasteiger charge is 2.36. The lowest BCUT2D eigenvalue weighted by molar-refractivity contribution is 0.322. The molecule has 0 fully saturated rings. The molecule has 0 bridgehead atoms. The number of thioether (sulfide) groups is 2. The van der Waals surface area contributed by atoms with Crippen LogP contribution in [0.1, 0.15) is 20.8 Å². The Balaban J connectivity index is 2.27. The highest BCUT2D eigenvalue weighted by atomic mass is 32.2. The van der Waals surface area contributed by atoms with Gasteiger partial charge >= 0.3 is 0 Å². The first-order valence-corrected chi connectivity index (χ1v) is 7.74. The van der Waals surface area contributed by atoms with E-state index >= 15 is 0 Å². The number of benzene rings is 1. The van der Waals surface area contributed by atoms with E-state index in [1.165, 1.54) is 10.6 Å². The first-order chi connectivity index (χ1) is 8.04. The standard InChI is InChI=1S/C13H19NOS2/c1-13(2,3)14-10-6-4-5-7-11(10)17-12(14)16-9-8-15/h4-7,12,15H,8-9H2,1-3H3. The second kappa shape index (κ2) is 5.12. The summed E-state index contributed by atoms with van der Waals surface area (Å²) < 4.78 is 0.375. The average Bonchev–Trinajstić information content (AvgIpc) is 2.63. The van der Waals surface area contributed by atoms with Crippen LogP contribution in [0, 0.1) is 0 Å². The predicted octanol–water partition coefficient (Wildman–Crippen LogP) is 3.41. The van der Waals surface area contributed by atoms with E-state index in [9.17, 15) is 0 Å². The fourth-order valence-corrected chi connectivity index (χ4v) is 4.92. The molecule has 1 heterocycles. The van der Waals surface area contributed by atoms with E-state index in [0.717, 1.165) is 5.75 Å². The van der Waals surface area contributed by atoms with Gasteiger partial charge < -0.3 is 10.0 Å². The van der Waals surface area contributed by atoms with Gasteiger partial charge in [0.1, 0.15) is 4.71 Å². The molecule has 1 aliphatic rings. The molecule has 0 aliphatic carbocycles. The van der Waals surface area contributed by atoms with Gasteiger partial charge in [0.2, 0.25) is 0 Å². The molecule has 2 rings (SSSR count). The third kappa shape index (κ3) is 2.75. The molecule has 1 unspecified atom stereocenters. The molecule has 0 radical (unpaired) electrons. The van der Waals surface area contributed by atoms with Crippen molar-refractivity contribution in [2.24, 2.45) is 0 Å². The van der Waals surface area contributed by atoms with Crippen LogP contribution in [0.3, 0.4) is 0 Å². The molecule has 0 spiro atoms. The van der Waals surface area contributed by atoms with E-state index in [2.05, 4.69) is 49.9 Å². The lowest BCUT2D eigenvalue weighted by Gasteiger charge is -2.38. The molecule has 17 heavy (non-hydrogen) atoms. The fraction of sp³-hybridized carbons (Fsp3) is 0.538. The van der Waals surface area contributed by atoms with Gasteiger partial charge in [0.05, 0.1) is 12.3 Å². The van der Waals surface area contributed by atoms with Crippen LogP contribution < -0.4 is 4.90 Å². The summed E-state index contributed by atoms with van der Waals surface area (Å²) in [5.41, 5.74) is 1.42. The van der Waals surface area contributed by atoms with Crippen LogP contribution in [0.2, 0.25) is 0 Å². The summed E-state index contributed by atoms with van der Waals surface area (Å²) in [6.07, 6.45) is 0. The van der Waals surface area contributed by atoms with Crippen LogP contribution in [0.5, 0.6) is 0 Å². The van der Waals surface area contributed by atoms with Gasteiger partial charge in [-0.3, -0.25) is 0 Å². The second-order valence-electron chi connectivity index (χ2n) is 5.03. The Kier molecular flexibility index (Phi) is 3.95. The Morgan fingerprint density at radius 1 is 1.35 bits per heavy atom. The van der Waals surface area contributed by atoms with Gasteiger partial charge in [-0.2, -0.15) is 0 Å². The number of aliphatic hydroxyl groups excluding tert-OH is 1. The Morgan fingerprint density at radius 2 is 2.06 bits per heavy atom. The topological polar surface area (TPSA) is 23.5 Å². The van der Waals surface area contributed by atoms with Crippen molar-refractivity contribution in [1.82, 2.24) is 0 Å². The zero-order chi connectivity index (χ0) is 12.5. The zero-order valence-electron chi connectivity index (χ0n) is 10.5. The van der Waals surface area contributed by atoms with Gasteiger partial charge in [0.25, 0.3) is 0 Å². The number of hydrogen-bond donors (Lipinski definition) is 1. The molecule has 1 aromatic carbocycles. The summed E-state index contributed by atoms with van der Waals surface area (Å²) >= 11 is 3.70. The molecule has 1 aliphatic heterocycles. The van der Waals surface area contributed by atoms with Crippen molar-refractivity contribution < 1.29 is 5.11 Å². The first kappa shape index (κ1) is 13.1. The first-order valence-electron chi connectivity index (χ1n) is 5.81. The number of anilines is 1. The van der Waals surface area contributed by atoms with Crippen LogP contribution in [0.25, 0.3) is 0 Å². The molecule has 4 heteroatoms. The second-order valence-corrected chi connectivity index (χ2v) is 7.64. The van der Waals surface area contributed by atoms with Gasteiger partial charge in [-0.25, -0.2) is 0 Å². The number of hydrogen-bond acceptors (Lipinski definition) is 4. The van der Waals surface area contributed by atoms with E-state index in [-0.39, 0.29) is 12.1 Å². The van der Waals surface area contributed by atoms with E-state index < -0.39 is 0 Å². The van der Waals surface area contributed by atoms with E-state index in [4.69, 9.17) is 5.11 Å². The van der Waals surface area contributed by atoms with E-state index in [0.29, 0.717) is 4.71 Å². The van der Waals surface area contributed by atoms with E-state index in [1.54, 1.807) is 0 Å². The molecule has 1 N–H and O–H groups in total. The molecule has 1 aromatic rings. The highest BCUT2D eigenvalue weighted by molar-refractivity contribution is 8.17. The predicted molar refractivity (Wildman–Crippen MR) is 77.9 cm³/mol. The lowest BCUT2D eigenvalue weighted by Crippen LogP contribution is -2.43. The number of rotatable bonds is 3. The molecular formula is C13H19NOS2. The Bertz CT molecular complexity index is 389. The molecule has 0 amide bonds. The summed E-state index contributed by atoms with van der Waals surface area (Å²) in [5, 5.41) is 8.98. The van der Waals surface area contributed by atoms with Gasteiger partial charge in [-0.1, -0.05) is 23.9 Å². The van der Waals surface area contributed by atoms with Crippen LogP contribution in [-0.2, 0) is 0 Å². The summed E-state index contributed by atoms with van der Waals surface area (Å²) in [4.78, 5) is 3.80. The van der Waals surface area contributed by atoms with Gasteiger partial charge in [0.15, 0.2) is 0 Å². The van der Waals surface area contributed by atoms with Crippen molar-refractivity contribution in [3.63, 3.8) is 0 Å². The number of nitrogens with zero attached hydrogens (tertiary/aromatic N) is 1. The smallest absolute Gasteiger partial charge is 0.127 e. The van der Waals surface area contributed by atoms with Crippen molar-refractivity contribution in [1.29, 1.82) is 0 Å². The van der Waals surface area contributed by atoms with Crippen molar-refractivity contribution in [2.45, 2.75) is 35.9 Å². The zero-order valence-corrected chi connectivity index (χ0v) is 12.1. The third-order valence-corrected chi connectivity index (χ3v) is 5.26. The highest BCUT2D eigenvalue weighted by Crippen LogP contribution is 2.50. The van der Waals surface area contributed by atoms with Crippen molar-refractivity contribution in [2.75, 3.05) is 17.3 Å². The molecule has 1 atom stereocenters. The maximum Gasteiger partial charge on any atom is 0.127 e. The third-order valence-electron chi connectivity index (χ3n) is 2.64. The monoisotopic (exact) mass is 269 g/mol. The Hall–Kier alpha value is -0.320. The van der Waals surface area contributed by atoms with Gasteiger partial charge in [0, 0.05) is 16.2 Å². The minimum atomic E-state index is 0.104. The largest absolute Gasteiger partial charge is 0.396 e. The minimum absolute atomic E-state index is 0.104. The Labute approximate surface area is 112 Å². The summed E-state index contributed by atoms with van der Waals surface area (Å²) in [6, 6.07) is 8.55. The minimum Gasteiger partial charge on any atom is -0.396 e. The number of para-hydroxylation sites is 1. The fourth-order valence-electron chi connectivity index (χ4n) is 1.97. The maximum absolute atomic E-state index is 8.98. The summed E-state index contributed by atoms with van der Waals surface area (Å²) in [7, 11) is 0. The number of fused-ring (bicyclic) bond motifs is 1. The quantitative estimate of drug-likeness (QED) is 0.908. The van der Waals surface area contributed by atoms with Crippen LogP contribution in [-0.4, -0.2) is 27.7 Å². The maximum atomic E-state index is 8.98. The molecule has 0 aromatic heterocycles. The van der Waals surface area contributed by atoms with Crippen LogP contribution in [0.15, 0.2) is 29.2 Å². The van der Waals surface area contributed by atoms with Gasteiger partial charge in [-0.05, 0) is 32.9 Å². The Morgan fingerprint density at radius 3 is 2.71 bits per heavy atom. The van der Waals surface area contributed by atoms with E-state index in [1.807, 2.05) is 23.5 Å². The summed E-state index contributed by atoms with van der Waals surface area (Å²) in [5.74, 6) is 0.790. The van der Waals surface area contributed by atoms with Gasteiger partial charge in [-0.15, -0.1) is 11.8 Å². The molecule has 94 valence electrons. The molecule has 0 saturated carbocycles. The summed E-state index contributed by atoms with van der Waals surface area (Å²) in [6.45, 7) is 6.96. The van der Waals surface area contributed by atoms with Crippen molar-refractivity contribution in [3.8, 4) is 0 Å². The molecule has 2 nitrogen and oxygen atoms in total. The number of aliphatic hydroxyl groups is 1. The van der Waals surface area contributed by atoms with Crippen LogP contribution in [0.4, 0.5) is 5.69 Å². The van der Waals surface area contributed by atoms with Crippen molar-refractivity contribution >= 4 is 29.2 Å². The molecule has 0 saturated heterocycles.